The van der Waals surface area contributed by atoms with E-state index in [4.69, 9.17) is 21.4 Å². The van der Waals surface area contributed by atoms with Crippen LogP contribution in [-0.2, 0) is 6.61 Å². The lowest BCUT2D eigenvalue weighted by atomic mass is 10.1. The van der Waals surface area contributed by atoms with Crippen LogP contribution in [0.15, 0.2) is 48.5 Å². The van der Waals surface area contributed by atoms with Crippen molar-refractivity contribution in [2.24, 2.45) is 0 Å². The molecule has 0 saturated heterocycles. The third kappa shape index (κ3) is 2.85. The van der Waals surface area contributed by atoms with E-state index >= 15 is 0 Å². The molecule has 106 valence electrons. The highest BCUT2D eigenvalue weighted by atomic mass is 35.5. The Balaban J connectivity index is 1.83. The first-order valence-electron chi connectivity index (χ1n) is 6.36. The molecule has 0 aliphatic rings. The number of nitrogens with one attached hydrogen (secondary N) is 1. The fraction of sp³-hybridized carbons (Fsp3) is 0.0625. The summed E-state index contributed by atoms with van der Waals surface area (Å²) in [6, 6.07) is 14.0. The zero-order valence-corrected chi connectivity index (χ0v) is 11.7. The Morgan fingerprint density at radius 1 is 1.19 bits per heavy atom. The monoisotopic (exact) mass is 301 g/mol. The smallest absolute Gasteiger partial charge is 0.336 e. The van der Waals surface area contributed by atoms with Crippen LogP contribution < -0.4 is 4.74 Å². The largest absolute Gasteiger partial charge is 0.487 e. The van der Waals surface area contributed by atoms with Crippen molar-refractivity contribution >= 4 is 28.5 Å². The number of hydrogen-bond donors (Lipinski definition) is 2. The molecule has 0 bridgehead atoms. The predicted octanol–water partition coefficient (Wildman–Crippen LogP) is 4.10. The lowest BCUT2D eigenvalue weighted by Gasteiger charge is -2.04. The Morgan fingerprint density at radius 2 is 1.95 bits per heavy atom. The third-order valence-electron chi connectivity index (χ3n) is 3.16. The van der Waals surface area contributed by atoms with Gasteiger partial charge in [0.2, 0.25) is 0 Å². The van der Waals surface area contributed by atoms with E-state index in [-0.39, 0.29) is 5.56 Å². The molecule has 0 aliphatic carbocycles. The van der Waals surface area contributed by atoms with Crippen LogP contribution in [0.3, 0.4) is 0 Å². The Kier molecular flexibility index (Phi) is 3.54. The van der Waals surface area contributed by atoms with Crippen LogP contribution in [0, 0.1) is 0 Å². The van der Waals surface area contributed by atoms with Crippen LogP contribution in [0.4, 0.5) is 0 Å². The summed E-state index contributed by atoms with van der Waals surface area (Å²) in [4.78, 5) is 14.3. The Labute approximate surface area is 125 Å². The van der Waals surface area contributed by atoms with Crippen LogP contribution in [0.5, 0.6) is 5.75 Å². The number of aromatic carboxylic acids is 1. The van der Waals surface area contributed by atoms with Crippen molar-refractivity contribution in [1.29, 1.82) is 0 Å². The molecular formula is C16H12ClNO3. The molecule has 4 nitrogen and oxygen atoms in total. The number of aromatic amines is 1. The number of aromatic nitrogens is 1. The number of benzene rings is 2. The van der Waals surface area contributed by atoms with Gasteiger partial charge in [-0.15, -0.1) is 0 Å². The molecule has 0 spiro atoms. The minimum absolute atomic E-state index is 0.279. The van der Waals surface area contributed by atoms with E-state index in [0.29, 0.717) is 22.8 Å². The van der Waals surface area contributed by atoms with Crippen molar-refractivity contribution in [2.75, 3.05) is 0 Å². The van der Waals surface area contributed by atoms with Crippen molar-refractivity contribution < 1.29 is 14.6 Å². The highest BCUT2D eigenvalue weighted by Crippen LogP contribution is 2.22. The number of ether oxygens (including phenoxy) is 1. The van der Waals surface area contributed by atoms with E-state index in [2.05, 4.69) is 4.98 Å². The maximum Gasteiger partial charge on any atom is 0.336 e. The van der Waals surface area contributed by atoms with Gasteiger partial charge in [0.05, 0.1) is 11.3 Å². The number of hydrogen-bond acceptors (Lipinski definition) is 2. The molecule has 0 atom stereocenters. The van der Waals surface area contributed by atoms with Crippen LogP contribution in [-0.4, -0.2) is 16.1 Å². The second-order valence-electron chi connectivity index (χ2n) is 4.61. The number of carbonyl (C=O) groups is 1. The molecule has 0 radical (unpaired) electrons. The summed E-state index contributed by atoms with van der Waals surface area (Å²) in [7, 11) is 0. The summed E-state index contributed by atoms with van der Waals surface area (Å²) in [5.41, 5.74) is 1.87. The molecule has 2 N–H and O–H groups in total. The van der Waals surface area contributed by atoms with E-state index in [1.807, 2.05) is 6.07 Å². The van der Waals surface area contributed by atoms with Gasteiger partial charge < -0.3 is 14.8 Å². The van der Waals surface area contributed by atoms with Gasteiger partial charge in [0.15, 0.2) is 0 Å². The van der Waals surface area contributed by atoms with Gasteiger partial charge in [-0.2, -0.15) is 0 Å². The van der Waals surface area contributed by atoms with Crippen molar-refractivity contribution in [3.05, 3.63) is 64.8 Å². The predicted molar refractivity (Wildman–Crippen MR) is 81.0 cm³/mol. The van der Waals surface area contributed by atoms with Gasteiger partial charge in [-0.25, -0.2) is 4.79 Å². The van der Waals surface area contributed by atoms with Crippen LogP contribution >= 0.6 is 11.6 Å². The SMILES string of the molecule is O=C(O)c1cccc2[nH]c(COc3ccc(Cl)cc3)cc12. The highest BCUT2D eigenvalue weighted by Gasteiger charge is 2.10. The molecule has 3 rings (SSSR count). The topological polar surface area (TPSA) is 62.3 Å². The van der Waals surface area contributed by atoms with Crippen LogP contribution in [0.2, 0.25) is 5.02 Å². The average Bonchev–Trinajstić information content (AvgIpc) is 2.89. The van der Waals surface area contributed by atoms with Gasteiger partial charge in [0.1, 0.15) is 12.4 Å². The fourth-order valence-electron chi connectivity index (χ4n) is 2.17. The molecule has 1 aromatic heterocycles. The lowest BCUT2D eigenvalue weighted by Crippen LogP contribution is -1.95. The van der Waals surface area contributed by atoms with Crippen LogP contribution in [0.1, 0.15) is 16.1 Å². The average molecular weight is 302 g/mol. The zero-order valence-electron chi connectivity index (χ0n) is 11.0. The van der Waals surface area contributed by atoms with E-state index in [1.165, 1.54) is 0 Å². The molecule has 0 amide bonds. The summed E-state index contributed by atoms with van der Waals surface area (Å²) in [6.45, 7) is 0.329. The molecule has 5 heteroatoms. The van der Waals surface area contributed by atoms with Gasteiger partial charge in [0.25, 0.3) is 0 Å². The maximum absolute atomic E-state index is 11.2. The van der Waals surface area contributed by atoms with E-state index in [1.54, 1.807) is 42.5 Å². The summed E-state index contributed by atoms with van der Waals surface area (Å²) in [5.74, 6) is -0.235. The number of carboxylic acid groups (broad SMARTS) is 1. The van der Waals surface area contributed by atoms with Gasteiger partial charge in [-0.3, -0.25) is 0 Å². The van der Waals surface area contributed by atoms with E-state index < -0.39 is 5.97 Å². The number of carboxylic acids is 1. The minimum atomic E-state index is -0.940. The van der Waals surface area contributed by atoms with E-state index in [0.717, 1.165) is 11.2 Å². The quantitative estimate of drug-likeness (QED) is 0.762. The fourth-order valence-corrected chi connectivity index (χ4v) is 2.30. The first kappa shape index (κ1) is 13.5. The Morgan fingerprint density at radius 3 is 2.67 bits per heavy atom. The molecule has 0 fully saturated rings. The third-order valence-corrected chi connectivity index (χ3v) is 3.41. The summed E-state index contributed by atoms with van der Waals surface area (Å²) in [5, 5.41) is 10.5. The second kappa shape index (κ2) is 5.50. The number of halogens is 1. The van der Waals surface area contributed by atoms with Gasteiger partial charge in [-0.05, 0) is 42.5 Å². The first-order chi connectivity index (χ1) is 10.1. The molecule has 1 heterocycles. The second-order valence-corrected chi connectivity index (χ2v) is 5.05. The molecule has 0 aliphatic heterocycles. The number of fused-ring (bicyclic) bond motifs is 1. The van der Waals surface area contributed by atoms with Crippen molar-refractivity contribution in [1.82, 2.24) is 4.98 Å². The van der Waals surface area contributed by atoms with E-state index in [9.17, 15) is 4.79 Å². The lowest BCUT2D eigenvalue weighted by molar-refractivity contribution is 0.0699. The zero-order chi connectivity index (χ0) is 14.8. The molecule has 2 aromatic carbocycles. The molecule has 21 heavy (non-hydrogen) atoms. The number of rotatable bonds is 4. The first-order valence-corrected chi connectivity index (χ1v) is 6.73. The Bertz CT molecular complexity index is 793. The van der Waals surface area contributed by atoms with Crippen molar-refractivity contribution in [3.63, 3.8) is 0 Å². The maximum atomic E-state index is 11.2. The summed E-state index contributed by atoms with van der Waals surface area (Å²) in [6.07, 6.45) is 0. The normalized spacial score (nSPS) is 10.7. The summed E-state index contributed by atoms with van der Waals surface area (Å²) >= 11 is 5.81. The Hall–Kier alpha value is -2.46. The van der Waals surface area contributed by atoms with Crippen molar-refractivity contribution in [2.45, 2.75) is 6.61 Å². The van der Waals surface area contributed by atoms with Crippen molar-refractivity contribution in [3.8, 4) is 5.75 Å². The molecule has 0 saturated carbocycles. The molecule has 0 unspecified atom stereocenters. The standard InChI is InChI=1S/C16H12ClNO3/c17-10-4-6-12(7-5-10)21-9-11-8-14-13(16(19)20)2-1-3-15(14)18-11/h1-8,18H,9H2,(H,19,20). The molecule has 3 aromatic rings. The van der Waals surface area contributed by atoms with Crippen LogP contribution in [0.25, 0.3) is 10.9 Å². The number of H-pyrrole nitrogens is 1. The summed E-state index contributed by atoms with van der Waals surface area (Å²) < 4.78 is 5.64. The van der Waals surface area contributed by atoms with Gasteiger partial charge >= 0.3 is 5.97 Å². The van der Waals surface area contributed by atoms with Gasteiger partial charge in [0, 0.05) is 15.9 Å². The van der Waals surface area contributed by atoms with Gasteiger partial charge in [-0.1, -0.05) is 17.7 Å². The minimum Gasteiger partial charge on any atom is -0.487 e. The highest BCUT2D eigenvalue weighted by molar-refractivity contribution is 6.30. The molecular weight excluding hydrogens is 290 g/mol.